The Hall–Kier alpha value is -0.610. The van der Waals surface area contributed by atoms with Crippen LogP contribution in [0.15, 0.2) is 0 Å². The van der Waals surface area contributed by atoms with Gasteiger partial charge in [-0.1, -0.05) is 6.42 Å². The van der Waals surface area contributed by atoms with E-state index in [1.165, 1.54) is 19.3 Å². The summed E-state index contributed by atoms with van der Waals surface area (Å²) in [4.78, 5) is 14.2. The quantitative estimate of drug-likeness (QED) is 0.667. The van der Waals surface area contributed by atoms with Crippen LogP contribution in [0, 0.1) is 0 Å². The summed E-state index contributed by atoms with van der Waals surface area (Å²) < 4.78 is 10.6. The Morgan fingerprint density at radius 1 is 1.26 bits per heavy atom. The number of rotatable bonds is 7. The van der Waals surface area contributed by atoms with E-state index >= 15 is 0 Å². The summed E-state index contributed by atoms with van der Waals surface area (Å²) in [6, 6.07) is 0.231. The smallest absolute Gasteiger partial charge is 0.307 e. The van der Waals surface area contributed by atoms with Crippen LogP contribution in [0.25, 0.3) is 0 Å². The van der Waals surface area contributed by atoms with Crippen molar-refractivity contribution in [2.75, 3.05) is 26.8 Å². The van der Waals surface area contributed by atoms with Crippen molar-refractivity contribution in [2.24, 2.45) is 0 Å². The summed E-state index contributed by atoms with van der Waals surface area (Å²) in [6.07, 6.45) is 5.10. The number of piperidine rings is 1. The van der Waals surface area contributed by atoms with Gasteiger partial charge in [-0.25, -0.2) is 0 Å². The van der Waals surface area contributed by atoms with Crippen molar-refractivity contribution >= 4 is 5.97 Å². The number of likely N-dealkylation sites (tertiary alicyclic amines) is 1. The molecule has 1 unspecified atom stereocenters. The topological polar surface area (TPSA) is 38.8 Å². The standard InChI is InChI=1S/C15H29NO3/c1-5-19-14(17)11-13(12-15(2,3)18-4)16-9-7-6-8-10-16/h13H,5-12H2,1-4H3. The van der Waals surface area contributed by atoms with Gasteiger partial charge in [-0.05, 0) is 53.1 Å². The summed E-state index contributed by atoms with van der Waals surface area (Å²) in [6.45, 7) is 8.64. The van der Waals surface area contributed by atoms with E-state index in [-0.39, 0.29) is 17.6 Å². The zero-order valence-electron chi connectivity index (χ0n) is 12.9. The minimum atomic E-state index is -0.200. The van der Waals surface area contributed by atoms with Crippen LogP contribution in [0.3, 0.4) is 0 Å². The molecule has 1 saturated heterocycles. The second-order valence-corrected chi connectivity index (χ2v) is 5.93. The predicted molar refractivity (Wildman–Crippen MR) is 76.2 cm³/mol. The minimum absolute atomic E-state index is 0.0926. The Labute approximate surface area is 117 Å². The zero-order valence-corrected chi connectivity index (χ0v) is 12.9. The maximum absolute atomic E-state index is 11.8. The van der Waals surface area contributed by atoms with Gasteiger partial charge in [-0.15, -0.1) is 0 Å². The van der Waals surface area contributed by atoms with Crippen molar-refractivity contribution < 1.29 is 14.3 Å². The number of carbonyl (C=O) groups excluding carboxylic acids is 1. The molecule has 1 rings (SSSR count). The second kappa shape index (κ2) is 7.85. The molecule has 0 aliphatic carbocycles. The highest BCUT2D eigenvalue weighted by Gasteiger charge is 2.30. The molecular formula is C15H29NO3. The van der Waals surface area contributed by atoms with Crippen LogP contribution in [0.2, 0.25) is 0 Å². The SMILES string of the molecule is CCOC(=O)CC(CC(C)(C)OC)N1CCCCC1. The molecule has 19 heavy (non-hydrogen) atoms. The van der Waals surface area contributed by atoms with Crippen LogP contribution in [0.1, 0.15) is 52.9 Å². The molecule has 0 saturated carbocycles. The molecule has 0 aromatic heterocycles. The van der Waals surface area contributed by atoms with Gasteiger partial charge < -0.3 is 9.47 Å². The molecule has 1 fully saturated rings. The molecule has 1 aliphatic heterocycles. The van der Waals surface area contributed by atoms with E-state index in [2.05, 4.69) is 18.7 Å². The van der Waals surface area contributed by atoms with Crippen LogP contribution >= 0.6 is 0 Å². The summed E-state index contributed by atoms with van der Waals surface area (Å²) in [7, 11) is 1.73. The first-order valence-corrected chi connectivity index (χ1v) is 7.43. The molecule has 4 heteroatoms. The van der Waals surface area contributed by atoms with E-state index < -0.39 is 0 Å². The summed E-state index contributed by atoms with van der Waals surface area (Å²) >= 11 is 0. The van der Waals surface area contributed by atoms with Gasteiger partial charge in [0.15, 0.2) is 0 Å². The molecular weight excluding hydrogens is 242 g/mol. The van der Waals surface area contributed by atoms with E-state index in [4.69, 9.17) is 9.47 Å². The van der Waals surface area contributed by atoms with Crippen LogP contribution < -0.4 is 0 Å². The molecule has 0 amide bonds. The lowest BCUT2D eigenvalue weighted by molar-refractivity contribution is -0.145. The highest BCUT2D eigenvalue weighted by atomic mass is 16.5. The average molecular weight is 271 g/mol. The molecule has 1 heterocycles. The van der Waals surface area contributed by atoms with Gasteiger partial charge in [0.1, 0.15) is 0 Å². The van der Waals surface area contributed by atoms with E-state index in [0.717, 1.165) is 19.5 Å². The van der Waals surface area contributed by atoms with Crippen molar-refractivity contribution in [1.82, 2.24) is 4.90 Å². The molecule has 0 aromatic carbocycles. The zero-order chi connectivity index (χ0) is 14.3. The number of hydrogen-bond acceptors (Lipinski definition) is 4. The van der Waals surface area contributed by atoms with Gasteiger partial charge in [0.05, 0.1) is 18.6 Å². The third kappa shape index (κ3) is 5.91. The molecule has 1 aliphatic rings. The van der Waals surface area contributed by atoms with Crippen LogP contribution in [0.5, 0.6) is 0 Å². The largest absolute Gasteiger partial charge is 0.466 e. The highest BCUT2D eigenvalue weighted by molar-refractivity contribution is 5.70. The summed E-state index contributed by atoms with van der Waals surface area (Å²) in [5, 5.41) is 0. The Bertz CT molecular complexity index is 273. The van der Waals surface area contributed by atoms with E-state index in [9.17, 15) is 4.79 Å². The molecule has 0 radical (unpaired) electrons. The summed E-state index contributed by atoms with van der Waals surface area (Å²) in [5.41, 5.74) is -0.200. The van der Waals surface area contributed by atoms with Gasteiger partial charge in [0.25, 0.3) is 0 Å². The highest BCUT2D eigenvalue weighted by Crippen LogP contribution is 2.24. The number of methoxy groups -OCH3 is 1. The van der Waals surface area contributed by atoms with Gasteiger partial charge >= 0.3 is 5.97 Å². The lowest BCUT2D eigenvalue weighted by Crippen LogP contribution is -2.44. The fourth-order valence-electron chi connectivity index (χ4n) is 2.68. The van der Waals surface area contributed by atoms with E-state index in [1.807, 2.05) is 6.92 Å². The monoisotopic (exact) mass is 271 g/mol. The minimum Gasteiger partial charge on any atom is -0.466 e. The van der Waals surface area contributed by atoms with Crippen molar-refractivity contribution in [2.45, 2.75) is 64.5 Å². The van der Waals surface area contributed by atoms with E-state index in [0.29, 0.717) is 13.0 Å². The molecule has 1 atom stereocenters. The van der Waals surface area contributed by atoms with Crippen molar-refractivity contribution in [3.05, 3.63) is 0 Å². The fourth-order valence-corrected chi connectivity index (χ4v) is 2.68. The van der Waals surface area contributed by atoms with Crippen molar-refractivity contribution in [3.63, 3.8) is 0 Å². The van der Waals surface area contributed by atoms with Crippen LogP contribution in [-0.2, 0) is 14.3 Å². The maximum atomic E-state index is 11.8. The maximum Gasteiger partial charge on any atom is 0.307 e. The molecule has 112 valence electrons. The van der Waals surface area contributed by atoms with Crippen LogP contribution in [0.4, 0.5) is 0 Å². The lowest BCUT2D eigenvalue weighted by atomic mass is 9.94. The van der Waals surface area contributed by atoms with Crippen molar-refractivity contribution in [1.29, 1.82) is 0 Å². The van der Waals surface area contributed by atoms with Crippen molar-refractivity contribution in [3.8, 4) is 0 Å². The first-order valence-electron chi connectivity index (χ1n) is 7.43. The molecule has 0 spiro atoms. The second-order valence-electron chi connectivity index (χ2n) is 5.93. The number of ether oxygens (including phenoxy) is 2. The van der Waals surface area contributed by atoms with Crippen LogP contribution in [-0.4, -0.2) is 49.3 Å². The number of carbonyl (C=O) groups is 1. The third-order valence-corrected chi connectivity index (χ3v) is 3.89. The fraction of sp³-hybridized carbons (Fsp3) is 0.933. The Balaban J connectivity index is 2.63. The summed E-state index contributed by atoms with van der Waals surface area (Å²) in [5.74, 6) is -0.0926. The van der Waals surface area contributed by atoms with Gasteiger partial charge in [0.2, 0.25) is 0 Å². The first-order chi connectivity index (χ1) is 8.98. The predicted octanol–water partition coefficient (Wildman–Crippen LogP) is 2.61. The number of nitrogens with zero attached hydrogens (tertiary/aromatic N) is 1. The first kappa shape index (κ1) is 16.4. The van der Waals surface area contributed by atoms with Gasteiger partial charge in [-0.2, -0.15) is 0 Å². The Morgan fingerprint density at radius 3 is 2.42 bits per heavy atom. The molecule has 4 nitrogen and oxygen atoms in total. The molecule has 0 aromatic rings. The normalized spacial score (nSPS) is 19.2. The number of hydrogen-bond donors (Lipinski definition) is 0. The van der Waals surface area contributed by atoms with Gasteiger partial charge in [0, 0.05) is 13.2 Å². The Kier molecular flexibility index (Phi) is 6.80. The molecule has 0 bridgehead atoms. The lowest BCUT2D eigenvalue weighted by Gasteiger charge is -2.38. The van der Waals surface area contributed by atoms with E-state index in [1.54, 1.807) is 7.11 Å². The molecule has 0 N–H and O–H groups in total. The number of esters is 1. The Morgan fingerprint density at radius 2 is 1.89 bits per heavy atom. The third-order valence-electron chi connectivity index (χ3n) is 3.89. The van der Waals surface area contributed by atoms with Gasteiger partial charge in [-0.3, -0.25) is 9.69 Å². The average Bonchev–Trinajstić information content (AvgIpc) is 2.39.